The van der Waals surface area contributed by atoms with Gasteiger partial charge >= 0.3 is 0 Å². The third-order valence-corrected chi connectivity index (χ3v) is 5.49. The number of rotatable bonds is 4. The number of hydrogen-bond acceptors (Lipinski definition) is 4. The van der Waals surface area contributed by atoms with E-state index in [4.69, 9.17) is 0 Å². The fourth-order valence-electron chi connectivity index (χ4n) is 3.21. The van der Waals surface area contributed by atoms with Crippen molar-refractivity contribution in [1.29, 1.82) is 0 Å². The molecule has 2 N–H and O–H groups in total. The molecule has 0 bridgehead atoms. The molecule has 1 aliphatic rings. The first-order chi connectivity index (χ1) is 12.2. The van der Waals surface area contributed by atoms with Gasteiger partial charge in [-0.3, -0.25) is 9.89 Å². The minimum Gasteiger partial charge on any atom is -0.353 e. The molecular formula is C19H20N4OS. The summed E-state index contributed by atoms with van der Waals surface area (Å²) in [5.41, 5.74) is 2.79. The number of carbonyl (C=O) groups is 1. The molecule has 0 radical (unpaired) electrons. The van der Waals surface area contributed by atoms with Crippen LogP contribution in [0.5, 0.6) is 0 Å². The van der Waals surface area contributed by atoms with Crippen molar-refractivity contribution in [3.63, 3.8) is 0 Å². The predicted molar refractivity (Wildman–Crippen MR) is 101 cm³/mol. The summed E-state index contributed by atoms with van der Waals surface area (Å²) in [5.74, 6) is 0.947. The molecule has 1 aromatic carbocycles. The van der Waals surface area contributed by atoms with Gasteiger partial charge in [-0.05, 0) is 36.4 Å². The van der Waals surface area contributed by atoms with Crippen LogP contribution in [0.2, 0.25) is 0 Å². The van der Waals surface area contributed by atoms with Crippen LogP contribution in [0.4, 0.5) is 5.82 Å². The average molecular weight is 352 g/mol. The molecule has 0 saturated carbocycles. The minimum atomic E-state index is 0.00579. The van der Waals surface area contributed by atoms with Crippen LogP contribution in [0, 0.1) is 6.92 Å². The smallest absolute Gasteiger partial charge is 0.251 e. The molecule has 1 saturated heterocycles. The Bertz CT molecular complexity index is 871. The maximum absolute atomic E-state index is 12.5. The number of hydrogen-bond donors (Lipinski definition) is 2. The first-order valence-electron chi connectivity index (χ1n) is 8.41. The van der Waals surface area contributed by atoms with E-state index in [-0.39, 0.29) is 11.9 Å². The number of aromatic nitrogens is 2. The molecule has 3 aromatic rings. The van der Waals surface area contributed by atoms with Crippen molar-refractivity contribution < 1.29 is 4.79 Å². The molecule has 3 heterocycles. The van der Waals surface area contributed by atoms with Crippen molar-refractivity contribution in [3.8, 4) is 10.6 Å². The van der Waals surface area contributed by atoms with Crippen LogP contribution in [0.1, 0.15) is 22.3 Å². The quantitative estimate of drug-likeness (QED) is 0.756. The van der Waals surface area contributed by atoms with Crippen LogP contribution in [0.3, 0.4) is 0 Å². The summed E-state index contributed by atoms with van der Waals surface area (Å²) < 4.78 is 0. The number of anilines is 1. The van der Waals surface area contributed by atoms with E-state index in [1.54, 1.807) is 11.3 Å². The van der Waals surface area contributed by atoms with E-state index in [1.807, 2.05) is 37.3 Å². The monoisotopic (exact) mass is 352 g/mol. The number of H-pyrrole nitrogens is 1. The molecule has 1 unspecified atom stereocenters. The zero-order valence-electron chi connectivity index (χ0n) is 14.0. The molecule has 5 nitrogen and oxygen atoms in total. The Morgan fingerprint density at radius 1 is 1.32 bits per heavy atom. The second-order valence-corrected chi connectivity index (χ2v) is 7.28. The van der Waals surface area contributed by atoms with Crippen molar-refractivity contribution >= 4 is 23.1 Å². The van der Waals surface area contributed by atoms with Gasteiger partial charge in [0.15, 0.2) is 5.82 Å². The van der Waals surface area contributed by atoms with Gasteiger partial charge in [-0.2, -0.15) is 5.10 Å². The molecule has 0 aliphatic carbocycles. The molecule has 128 valence electrons. The third kappa shape index (κ3) is 3.30. The normalized spacial score (nSPS) is 17.0. The van der Waals surface area contributed by atoms with E-state index in [2.05, 4.69) is 37.9 Å². The van der Waals surface area contributed by atoms with Crippen LogP contribution in [0.15, 0.2) is 47.8 Å². The van der Waals surface area contributed by atoms with E-state index in [0.717, 1.165) is 42.1 Å². The second-order valence-electron chi connectivity index (χ2n) is 6.34. The van der Waals surface area contributed by atoms with Crippen LogP contribution in [-0.2, 0) is 0 Å². The van der Waals surface area contributed by atoms with Gasteiger partial charge in [-0.1, -0.05) is 24.3 Å². The topological polar surface area (TPSA) is 61.0 Å². The summed E-state index contributed by atoms with van der Waals surface area (Å²) in [6, 6.07) is 14.0. The molecule has 1 atom stereocenters. The van der Waals surface area contributed by atoms with Crippen molar-refractivity contribution in [1.82, 2.24) is 15.5 Å². The van der Waals surface area contributed by atoms with Crippen molar-refractivity contribution in [2.75, 3.05) is 18.0 Å². The van der Waals surface area contributed by atoms with Gasteiger partial charge in [-0.15, -0.1) is 11.3 Å². The second kappa shape index (κ2) is 6.72. The van der Waals surface area contributed by atoms with Crippen LogP contribution < -0.4 is 10.2 Å². The summed E-state index contributed by atoms with van der Waals surface area (Å²) in [6.07, 6.45) is 0.929. The lowest BCUT2D eigenvalue weighted by Gasteiger charge is -2.16. The Hall–Kier alpha value is -2.60. The first kappa shape index (κ1) is 15.9. The molecule has 2 aromatic heterocycles. The van der Waals surface area contributed by atoms with Crippen LogP contribution in [0.25, 0.3) is 10.6 Å². The largest absolute Gasteiger partial charge is 0.353 e. The minimum absolute atomic E-state index is 0.00579. The summed E-state index contributed by atoms with van der Waals surface area (Å²) in [5, 5.41) is 12.8. The number of benzene rings is 1. The fourth-order valence-corrected chi connectivity index (χ4v) is 3.90. The maximum Gasteiger partial charge on any atom is 0.251 e. The number of aromatic amines is 1. The molecule has 1 fully saturated rings. The molecule has 0 spiro atoms. The Labute approximate surface area is 150 Å². The molecule has 1 aliphatic heterocycles. The highest BCUT2D eigenvalue weighted by Crippen LogP contribution is 2.27. The Morgan fingerprint density at radius 3 is 3.00 bits per heavy atom. The van der Waals surface area contributed by atoms with Crippen molar-refractivity contribution in [3.05, 3.63) is 59.0 Å². The number of thiophene rings is 1. The summed E-state index contributed by atoms with van der Waals surface area (Å²) in [7, 11) is 0. The molecule has 1 amide bonds. The predicted octanol–water partition coefficient (Wildman–Crippen LogP) is 3.46. The highest BCUT2D eigenvalue weighted by Gasteiger charge is 2.26. The standard InChI is InChI=1S/C19H20N4OS/c1-13-5-2-3-6-15(13)19(24)20-14-8-9-23(12-14)18-11-16(21-22-18)17-7-4-10-25-17/h2-7,10-11,14H,8-9,12H2,1H3,(H,20,24)(H,21,22). The first-order valence-corrected chi connectivity index (χ1v) is 9.29. The lowest BCUT2D eigenvalue weighted by atomic mass is 10.1. The lowest BCUT2D eigenvalue weighted by molar-refractivity contribution is 0.0940. The SMILES string of the molecule is Cc1ccccc1C(=O)NC1CCN(c2cc(-c3cccs3)[nH]n2)C1. The van der Waals surface area contributed by atoms with Gasteiger partial charge in [-0.25, -0.2) is 0 Å². The summed E-state index contributed by atoms with van der Waals surface area (Å²) >= 11 is 1.69. The zero-order chi connectivity index (χ0) is 17.2. The molecule has 6 heteroatoms. The number of aryl methyl sites for hydroxylation is 1. The zero-order valence-corrected chi connectivity index (χ0v) is 14.8. The molecule has 25 heavy (non-hydrogen) atoms. The highest BCUT2D eigenvalue weighted by molar-refractivity contribution is 7.13. The third-order valence-electron chi connectivity index (χ3n) is 4.59. The van der Waals surface area contributed by atoms with Crippen molar-refractivity contribution in [2.24, 2.45) is 0 Å². The van der Waals surface area contributed by atoms with Gasteiger partial charge in [0.1, 0.15) is 0 Å². The van der Waals surface area contributed by atoms with Gasteiger partial charge in [0, 0.05) is 30.8 Å². The van der Waals surface area contributed by atoms with E-state index >= 15 is 0 Å². The van der Waals surface area contributed by atoms with Crippen molar-refractivity contribution in [2.45, 2.75) is 19.4 Å². The van der Waals surface area contributed by atoms with Crippen LogP contribution >= 0.6 is 11.3 Å². The number of amides is 1. The Kier molecular flexibility index (Phi) is 4.28. The van der Waals surface area contributed by atoms with E-state index in [9.17, 15) is 4.79 Å². The van der Waals surface area contributed by atoms with E-state index < -0.39 is 0 Å². The fraction of sp³-hybridized carbons (Fsp3) is 0.263. The molecule has 4 rings (SSSR count). The average Bonchev–Trinajstić information content (AvgIpc) is 3.35. The van der Waals surface area contributed by atoms with Crippen LogP contribution in [-0.4, -0.2) is 35.2 Å². The Balaban J connectivity index is 1.40. The lowest BCUT2D eigenvalue weighted by Crippen LogP contribution is -2.37. The summed E-state index contributed by atoms with van der Waals surface area (Å²) in [6.45, 7) is 3.64. The summed E-state index contributed by atoms with van der Waals surface area (Å²) in [4.78, 5) is 15.9. The van der Waals surface area contributed by atoms with Gasteiger partial charge < -0.3 is 10.2 Å². The van der Waals surface area contributed by atoms with E-state index in [0.29, 0.717) is 0 Å². The molecular weight excluding hydrogens is 332 g/mol. The van der Waals surface area contributed by atoms with E-state index in [1.165, 1.54) is 4.88 Å². The van der Waals surface area contributed by atoms with Gasteiger partial charge in [0.25, 0.3) is 5.91 Å². The number of nitrogens with one attached hydrogen (secondary N) is 2. The van der Waals surface area contributed by atoms with Gasteiger partial charge in [0.2, 0.25) is 0 Å². The highest BCUT2D eigenvalue weighted by atomic mass is 32.1. The number of carbonyl (C=O) groups excluding carboxylic acids is 1. The Morgan fingerprint density at radius 2 is 2.20 bits per heavy atom. The number of nitrogens with zero attached hydrogens (tertiary/aromatic N) is 2. The maximum atomic E-state index is 12.5. The van der Waals surface area contributed by atoms with Gasteiger partial charge in [0.05, 0.1) is 10.6 Å².